The lowest BCUT2D eigenvalue weighted by atomic mass is 10.2. The Bertz CT molecular complexity index is 475. The number of sulfonamides is 1. The predicted molar refractivity (Wildman–Crippen MR) is 78.9 cm³/mol. The van der Waals surface area contributed by atoms with Gasteiger partial charge in [-0.15, -0.1) is 0 Å². The van der Waals surface area contributed by atoms with Gasteiger partial charge >= 0.3 is 5.97 Å². The van der Waals surface area contributed by atoms with Gasteiger partial charge in [0.05, 0.1) is 19.6 Å². The number of nitrogens with two attached hydrogens (primary N) is 1. The van der Waals surface area contributed by atoms with Gasteiger partial charge in [-0.25, -0.2) is 8.42 Å². The molecular weight excluding hydrogens is 296 g/mol. The van der Waals surface area contributed by atoms with Gasteiger partial charge in [0, 0.05) is 24.5 Å². The zero-order valence-electron chi connectivity index (χ0n) is 12.7. The Balaban J connectivity index is 2.52. The summed E-state index contributed by atoms with van der Waals surface area (Å²) >= 11 is 0. The Labute approximate surface area is 126 Å². The van der Waals surface area contributed by atoms with E-state index in [0.717, 1.165) is 5.41 Å². The molecule has 7 nitrogen and oxygen atoms in total. The minimum absolute atomic E-state index is 0.0631. The highest BCUT2D eigenvalue weighted by molar-refractivity contribution is 7.92. The van der Waals surface area contributed by atoms with Crippen molar-refractivity contribution in [1.29, 1.82) is 0 Å². The van der Waals surface area contributed by atoms with Gasteiger partial charge in [0.2, 0.25) is 10.0 Å². The van der Waals surface area contributed by atoms with E-state index in [-0.39, 0.29) is 6.42 Å². The van der Waals surface area contributed by atoms with E-state index in [0.29, 0.717) is 26.3 Å². The SMILES string of the molecule is CC(C)(C)OC(=O)C[C@H](N)C=CS(=O)(=O)N1CCOCC1. The van der Waals surface area contributed by atoms with Crippen LogP contribution in [0.3, 0.4) is 0 Å². The van der Waals surface area contributed by atoms with Gasteiger partial charge in [-0.3, -0.25) is 4.79 Å². The molecule has 0 aliphatic carbocycles. The van der Waals surface area contributed by atoms with Crippen LogP contribution in [0, 0.1) is 0 Å². The van der Waals surface area contributed by atoms with Crippen molar-refractivity contribution in [3.05, 3.63) is 11.5 Å². The minimum Gasteiger partial charge on any atom is -0.460 e. The van der Waals surface area contributed by atoms with E-state index in [9.17, 15) is 13.2 Å². The van der Waals surface area contributed by atoms with Crippen LogP contribution in [0.4, 0.5) is 0 Å². The topological polar surface area (TPSA) is 98.9 Å². The molecule has 0 amide bonds. The highest BCUT2D eigenvalue weighted by Crippen LogP contribution is 2.10. The van der Waals surface area contributed by atoms with Gasteiger partial charge < -0.3 is 15.2 Å². The van der Waals surface area contributed by atoms with Crippen LogP contribution in [0.25, 0.3) is 0 Å². The summed E-state index contributed by atoms with van der Waals surface area (Å²) in [5.41, 5.74) is 5.15. The minimum atomic E-state index is -3.51. The van der Waals surface area contributed by atoms with E-state index in [1.54, 1.807) is 20.8 Å². The second-order valence-electron chi connectivity index (χ2n) is 5.84. The molecule has 2 N–H and O–H groups in total. The van der Waals surface area contributed by atoms with Crippen molar-refractivity contribution in [2.75, 3.05) is 26.3 Å². The largest absolute Gasteiger partial charge is 0.460 e. The molecule has 1 aliphatic heterocycles. The molecule has 1 heterocycles. The highest BCUT2D eigenvalue weighted by Gasteiger charge is 2.22. The molecule has 8 heteroatoms. The maximum absolute atomic E-state index is 12.0. The van der Waals surface area contributed by atoms with Crippen molar-refractivity contribution >= 4 is 16.0 Å². The molecule has 21 heavy (non-hydrogen) atoms. The first-order valence-electron chi connectivity index (χ1n) is 6.84. The number of hydrogen-bond acceptors (Lipinski definition) is 6. The van der Waals surface area contributed by atoms with Gasteiger partial charge in [-0.1, -0.05) is 6.08 Å². The van der Waals surface area contributed by atoms with Crippen LogP contribution in [0.15, 0.2) is 11.5 Å². The lowest BCUT2D eigenvalue weighted by Gasteiger charge is -2.24. The molecule has 1 saturated heterocycles. The number of rotatable bonds is 5. The molecule has 0 bridgehead atoms. The Morgan fingerprint density at radius 3 is 2.48 bits per heavy atom. The summed E-state index contributed by atoms with van der Waals surface area (Å²) in [7, 11) is -3.51. The highest BCUT2D eigenvalue weighted by atomic mass is 32.2. The molecule has 0 unspecified atom stereocenters. The first-order valence-corrected chi connectivity index (χ1v) is 8.34. The standard InChI is InChI=1S/C13H24N2O5S/c1-13(2,3)20-12(16)10-11(14)4-9-21(17,18)15-5-7-19-8-6-15/h4,9,11H,5-8,10,14H2,1-3H3/t11-/m1/s1. The number of carbonyl (C=O) groups is 1. The average molecular weight is 320 g/mol. The van der Waals surface area contributed by atoms with Gasteiger partial charge in [0.1, 0.15) is 5.60 Å². The Kier molecular flexibility index (Phi) is 6.33. The van der Waals surface area contributed by atoms with Crippen LogP contribution in [-0.2, 0) is 24.3 Å². The normalized spacial score (nSPS) is 19.6. The van der Waals surface area contributed by atoms with E-state index < -0.39 is 27.6 Å². The summed E-state index contributed by atoms with van der Waals surface area (Å²) in [6.45, 7) is 6.70. The molecular formula is C13H24N2O5S. The Morgan fingerprint density at radius 1 is 1.38 bits per heavy atom. The Hall–Kier alpha value is -0.960. The van der Waals surface area contributed by atoms with Crippen LogP contribution in [0.5, 0.6) is 0 Å². The van der Waals surface area contributed by atoms with E-state index in [1.165, 1.54) is 10.4 Å². The van der Waals surface area contributed by atoms with E-state index in [2.05, 4.69) is 0 Å². The number of carbonyl (C=O) groups excluding carboxylic acids is 1. The first-order chi connectivity index (χ1) is 9.60. The molecule has 1 aliphatic rings. The molecule has 1 rings (SSSR count). The monoisotopic (exact) mass is 320 g/mol. The summed E-state index contributed by atoms with van der Waals surface area (Å²) in [4.78, 5) is 11.6. The van der Waals surface area contributed by atoms with Gasteiger partial charge in [0.25, 0.3) is 0 Å². The fraction of sp³-hybridized carbons (Fsp3) is 0.769. The summed E-state index contributed by atoms with van der Waals surface area (Å²) in [6.07, 6.45) is 1.25. The second kappa shape index (κ2) is 7.35. The molecule has 0 aromatic carbocycles. The van der Waals surface area contributed by atoms with Gasteiger partial charge in [0.15, 0.2) is 0 Å². The van der Waals surface area contributed by atoms with E-state index in [4.69, 9.17) is 15.2 Å². The van der Waals surface area contributed by atoms with Crippen molar-refractivity contribution in [3.63, 3.8) is 0 Å². The van der Waals surface area contributed by atoms with Crippen LogP contribution < -0.4 is 5.73 Å². The molecule has 122 valence electrons. The zero-order valence-corrected chi connectivity index (χ0v) is 13.6. The number of hydrogen-bond donors (Lipinski definition) is 1. The van der Waals surface area contributed by atoms with Crippen molar-refractivity contribution in [2.45, 2.75) is 38.8 Å². The van der Waals surface area contributed by atoms with Crippen LogP contribution in [0.1, 0.15) is 27.2 Å². The number of nitrogens with zero attached hydrogens (tertiary/aromatic N) is 1. The predicted octanol–water partition coefficient (Wildman–Crippen LogP) is 0.221. The van der Waals surface area contributed by atoms with E-state index in [1.807, 2.05) is 0 Å². The number of esters is 1. The smallest absolute Gasteiger partial charge is 0.308 e. The fourth-order valence-electron chi connectivity index (χ4n) is 1.73. The molecule has 0 saturated carbocycles. The molecule has 0 spiro atoms. The molecule has 0 radical (unpaired) electrons. The molecule has 0 aromatic rings. The van der Waals surface area contributed by atoms with Crippen LogP contribution in [0.2, 0.25) is 0 Å². The summed E-state index contributed by atoms with van der Waals surface area (Å²) < 4.78 is 35.6. The zero-order chi connectivity index (χ0) is 16.1. The summed E-state index contributed by atoms with van der Waals surface area (Å²) in [6, 6.07) is -0.698. The van der Waals surface area contributed by atoms with Gasteiger partial charge in [-0.05, 0) is 20.8 Å². The van der Waals surface area contributed by atoms with Crippen LogP contribution >= 0.6 is 0 Å². The van der Waals surface area contributed by atoms with E-state index >= 15 is 0 Å². The lowest BCUT2D eigenvalue weighted by Crippen LogP contribution is -2.39. The van der Waals surface area contributed by atoms with Crippen LogP contribution in [-0.4, -0.2) is 56.6 Å². The van der Waals surface area contributed by atoms with Crippen molar-refractivity contribution in [3.8, 4) is 0 Å². The second-order valence-corrected chi connectivity index (χ2v) is 7.66. The van der Waals surface area contributed by atoms with Crippen molar-refractivity contribution < 1.29 is 22.7 Å². The molecule has 1 atom stereocenters. The quantitative estimate of drug-likeness (QED) is 0.728. The molecule has 1 fully saturated rings. The number of ether oxygens (including phenoxy) is 2. The maximum atomic E-state index is 12.0. The third-order valence-corrected chi connectivity index (χ3v) is 4.24. The maximum Gasteiger partial charge on any atom is 0.308 e. The number of morpholine rings is 1. The fourth-order valence-corrected chi connectivity index (χ4v) is 2.96. The third-order valence-electron chi connectivity index (χ3n) is 2.65. The van der Waals surface area contributed by atoms with Crippen molar-refractivity contribution in [2.24, 2.45) is 5.73 Å². The molecule has 0 aromatic heterocycles. The Morgan fingerprint density at radius 2 is 1.95 bits per heavy atom. The third kappa shape index (κ3) is 7.03. The summed E-state index contributed by atoms with van der Waals surface area (Å²) in [5, 5.41) is 1.05. The lowest BCUT2D eigenvalue weighted by molar-refractivity contribution is -0.154. The average Bonchev–Trinajstić information content (AvgIpc) is 2.35. The summed E-state index contributed by atoms with van der Waals surface area (Å²) in [5.74, 6) is -0.455. The first kappa shape index (κ1) is 18.1. The van der Waals surface area contributed by atoms with Gasteiger partial charge in [-0.2, -0.15) is 4.31 Å². The van der Waals surface area contributed by atoms with Crippen molar-refractivity contribution in [1.82, 2.24) is 4.31 Å².